The third kappa shape index (κ3) is 2.67. The second-order valence-corrected chi connectivity index (χ2v) is 7.66. The molecular formula is C10H11Br2NO2S. The van der Waals surface area contributed by atoms with Crippen molar-refractivity contribution in [3.05, 3.63) is 27.1 Å². The quantitative estimate of drug-likeness (QED) is 0.891. The van der Waals surface area contributed by atoms with Crippen molar-refractivity contribution in [2.75, 3.05) is 0 Å². The maximum absolute atomic E-state index is 12.1. The fourth-order valence-electron chi connectivity index (χ4n) is 1.36. The molecule has 0 radical (unpaired) electrons. The Balaban J connectivity index is 2.35. The van der Waals surface area contributed by atoms with Crippen LogP contribution in [0.2, 0.25) is 0 Å². The van der Waals surface area contributed by atoms with Gasteiger partial charge in [-0.15, -0.1) is 0 Å². The zero-order valence-corrected chi connectivity index (χ0v) is 12.6. The minimum absolute atomic E-state index is 0.245. The summed E-state index contributed by atoms with van der Waals surface area (Å²) in [6.45, 7) is 1.91. The fraction of sp³-hybridized carbons (Fsp3) is 0.400. The van der Waals surface area contributed by atoms with Crippen LogP contribution in [0.1, 0.15) is 19.8 Å². The minimum atomic E-state index is -3.42. The van der Waals surface area contributed by atoms with E-state index in [1.165, 1.54) is 0 Å². The molecule has 1 aromatic carbocycles. The number of halogens is 2. The number of sulfonamides is 1. The number of hydrogen-bond acceptors (Lipinski definition) is 2. The van der Waals surface area contributed by atoms with Crippen LogP contribution in [0.25, 0.3) is 0 Å². The Bertz CT molecular complexity index is 524. The van der Waals surface area contributed by atoms with Gasteiger partial charge in [0.25, 0.3) is 0 Å². The molecule has 88 valence electrons. The van der Waals surface area contributed by atoms with E-state index in [0.29, 0.717) is 4.47 Å². The summed E-state index contributed by atoms with van der Waals surface area (Å²) in [6.07, 6.45) is 1.81. The lowest BCUT2D eigenvalue weighted by atomic mass is 10.4. The highest BCUT2D eigenvalue weighted by Gasteiger charge is 2.41. The Labute approximate surface area is 112 Å². The summed E-state index contributed by atoms with van der Waals surface area (Å²) >= 11 is 6.55. The monoisotopic (exact) mass is 367 g/mol. The molecule has 1 aliphatic carbocycles. The lowest BCUT2D eigenvalue weighted by molar-refractivity contribution is 0.557. The molecule has 1 aliphatic rings. The van der Waals surface area contributed by atoms with Gasteiger partial charge in [-0.05, 0) is 53.9 Å². The van der Waals surface area contributed by atoms with Crippen molar-refractivity contribution in [2.45, 2.75) is 30.2 Å². The average molecular weight is 369 g/mol. The van der Waals surface area contributed by atoms with Gasteiger partial charge in [-0.3, -0.25) is 0 Å². The van der Waals surface area contributed by atoms with Crippen LogP contribution in [-0.2, 0) is 10.0 Å². The average Bonchev–Trinajstić information content (AvgIpc) is 2.80. The topological polar surface area (TPSA) is 46.2 Å². The molecule has 0 saturated heterocycles. The van der Waals surface area contributed by atoms with Crippen molar-refractivity contribution in [1.82, 2.24) is 4.72 Å². The largest absolute Gasteiger partial charge is 0.242 e. The second kappa shape index (κ2) is 4.08. The first kappa shape index (κ1) is 12.5. The molecule has 1 fully saturated rings. The van der Waals surface area contributed by atoms with Gasteiger partial charge < -0.3 is 0 Å². The van der Waals surface area contributed by atoms with E-state index in [2.05, 4.69) is 36.6 Å². The Morgan fingerprint density at radius 3 is 2.44 bits per heavy atom. The number of hydrogen-bond donors (Lipinski definition) is 1. The summed E-state index contributed by atoms with van der Waals surface area (Å²) < 4.78 is 28.2. The molecule has 0 atom stereocenters. The van der Waals surface area contributed by atoms with Crippen molar-refractivity contribution in [3.63, 3.8) is 0 Å². The van der Waals surface area contributed by atoms with Gasteiger partial charge >= 0.3 is 0 Å². The smallest absolute Gasteiger partial charge is 0.207 e. The Kier molecular flexibility index (Phi) is 3.20. The van der Waals surface area contributed by atoms with E-state index in [1.807, 2.05) is 6.92 Å². The molecule has 0 unspecified atom stereocenters. The van der Waals surface area contributed by atoms with Crippen molar-refractivity contribution in [3.8, 4) is 0 Å². The Hall–Kier alpha value is 0.0900. The highest BCUT2D eigenvalue weighted by atomic mass is 79.9. The van der Waals surface area contributed by atoms with Crippen LogP contribution in [-0.4, -0.2) is 14.0 Å². The van der Waals surface area contributed by atoms with Gasteiger partial charge in [0.2, 0.25) is 10.0 Å². The molecule has 3 nitrogen and oxygen atoms in total. The van der Waals surface area contributed by atoms with Crippen LogP contribution in [0.4, 0.5) is 0 Å². The Morgan fingerprint density at radius 1 is 1.31 bits per heavy atom. The van der Waals surface area contributed by atoms with E-state index >= 15 is 0 Å². The van der Waals surface area contributed by atoms with Crippen molar-refractivity contribution < 1.29 is 8.42 Å². The SMILES string of the molecule is CC1(NS(=O)(=O)c2ccc(Br)cc2Br)CC1. The van der Waals surface area contributed by atoms with Crippen LogP contribution < -0.4 is 4.72 Å². The minimum Gasteiger partial charge on any atom is -0.207 e. The zero-order valence-electron chi connectivity index (χ0n) is 8.63. The summed E-state index contributed by atoms with van der Waals surface area (Å²) in [4.78, 5) is 0.281. The van der Waals surface area contributed by atoms with Gasteiger partial charge in [-0.1, -0.05) is 15.9 Å². The third-order valence-corrected chi connectivity index (χ3v) is 5.67. The summed E-state index contributed by atoms with van der Waals surface area (Å²) in [5, 5.41) is 0. The van der Waals surface area contributed by atoms with Crippen LogP contribution in [0, 0.1) is 0 Å². The summed E-state index contributed by atoms with van der Waals surface area (Å²) in [5.74, 6) is 0. The maximum atomic E-state index is 12.1. The molecule has 2 rings (SSSR count). The van der Waals surface area contributed by atoms with Gasteiger partial charge in [0.05, 0.1) is 4.90 Å². The standard InChI is InChI=1S/C10H11Br2NO2S/c1-10(4-5-10)13-16(14,15)9-3-2-7(11)6-8(9)12/h2-3,6,13H,4-5H2,1H3. The van der Waals surface area contributed by atoms with Gasteiger partial charge in [0.15, 0.2) is 0 Å². The molecule has 0 aliphatic heterocycles. The number of nitrogens with one attached hydrogen (secondary N) is 1. The van der Waals surface area contributed by atoms with Crippen LogP contribution >= 0.6 is 31.9 Å². The van der Waals surface area contributed by atoms with Crippen LogP contribution in [0.15, 0.2) is 32.0 Å². The van der Waals surface area contributed by atoms with E-state index < -0.39 is 10.0 Å². The van der Waals surface area contributed by atoms with E-state index in [-0.39, 0.29) is 10.4 Å². The highest BCUT2D eigenvalue weighted by molar-refractivity contribution is 9.11. The van der Waals surface area contributed by atoms with Gasteiger partial charge in [0.1, 0.15) is 0 Å². The van der Waals surface area contributed by atoms with Crippen LogP contribution in [0.5, 0.6) is 0 Å². The maximum Gasteiger partial charge on any atom is 0.242 e. The predicted octanol–water partition coefficient (Wildman–Crippen LogP) is 3.04. The lowest BCUT2D eigenvalue weighted by Crippen LogP contribution is -2.34. The molecule has 16 heavy (non-hydrogen) atoms. The van der Waals surface area contributed by atoms with E-state index in [0.717, 1.165) is 17.3 Å². The molecule has 0 amide bonds. The molecule has 0 heterocycles. The van der Waals surface area contributed by atoms with Crippen molar-refractivity contribution in [2.24, 2.45) is 0 Å². The number of rotatable bonds is 3. The molecule has 0 spiro atoms. The van der Waals surface area contributed by atoms with E-state index in [4.69, 9.17) is 0 Å². The normalized spacial score (nSPS) is 18.4. The predicted molar refractivity (Wildman–Crippen MR) is 69.8 cm³/mol. The second-order valence-electron chi connectivity index (χ2n) is 4.24. The van der Waals surface area contributed by atoms with Gasteiger partial charge in [-0.25, -0.2) is 13.1 Å². The highest BCUT2D eigenvalue weighted by Crippen LogP contribution is 2.37. The molecule has 1 aromatic rings. The van der Waals surface area contributed by atoms with E-state index in [1.54, 1.807) is 18.2 Å². The lowest BCUT2D eigenvalue weighted by Gasteiger charge is -2.13. The molecule has 1 saturated carbocycles. The number of benzene rings is 1. The third-order valence-electron chi connectivity index (χ3n) is 2.56. The first-order chi connectivity index (χ1) is 7.32. The Morgan fingerprint density at radius 2 is 1.94 bits per heavy atom. The zero-order chi connectivity index (χ0) is 12.0. The fourth-order valence-corrected chi connectivity index (χ4v) is 4.57. The van der Waals surface area contributed by atoms with E-state index in [9.17, 15) is 8.42 Å². The molecule has 0 aromatic heterocycles. The summed E-state index contributed by atoms with van der Waals surface area (Å²) in [5.41, 5.74) is -0.245. The van der Waals surface area contributed by atoms with Crippen molar-refractivity contribution >= 4 is 41.9 Å². The molecular weight excluding hydrogens is 358 g/mol. The van der Waals surface area contributed by atoms with Crippen molar-refractivity contribution in [1.29, 1.82) is 0 Å². The summed E-state index contributed by atoms with van der Waals surface area (Å²) in [7, 11) is -3.42. The van der Waals surface area contributed by atoms with Gasteiger partial charge in [0, 0.05) is 14.5 Å². The first-order valence-corrected chi connectivity index (χ1v) is 7.88. The molecule has 6 heteroatoms. The molecule has 0 bridgehead atoms. The summed E-state index contributed by atoms with van der Waals surface area (Å²) in [6, 6.07) is 5.03. The van der Waals surface area contributed by atoms with Gasteiger partial charge in [-0.2, -0.15) is 0 Å². The first-order valence-electron chi connectivity index (χ1n) is 4.81. The molecule has 1 N–H and O–H groups in total. The van der Waals surface area contributed by atoms with Crippen LogP contribution in [0.3, 0.4) is 0 Å².